The van der Waals surface area contributed by atoms with Crippen molar-refractivity contribution in [1.82, 2.24) is 9.97 Å². The molecule has 0 unspecified atom stereocenters. The first kappa shape index (κ1) is 15.9. The van der Waals surface area contributed by atoms with Gasteiger partial charge in [-0.2, -0.15) is 0 Å². The lowest BCUT2D eigenvalue weighted by atomic mass is 10.3. The zero-order chi connectivity index (χ0) is 16.4. The largest absolute Gasteiger partial charge is 0.341 e. The molecule has 1 aliphatic rings. The molecule has 0 spiro atoms. The van der Waals surface area contributed by atoms with Gasteiger partial charge in [-0.25, -0.2) is 22.8 Å². The predicted octanol–water partition coefficient (Wildman–Crippen LogP) is 2.67. The summed E-state index contributed by atoms with van der Waals surface area (Å²) in [6, 6.07) is 3.20. The molecule has 0 amide bonds. The van der Waals surface area contributed by atoms with Gasteiger partial charge in [-0.1, -0.05) is 11.6 Å². The summed E-state index contributed by atoms with van der Waals surface area (Å²) in [4.78, 5) is 10.3. The van der Waals surface area contributed by atoms with E-state index in [1.54, 1.807) is 0 Å². The SMILES string of the molecule is O=S(=O)(Nc1cnc(N2CCCC2)nc1)c1ccc(F)c(Cl)c1. The predicted molar refractivity (Wildman–Crippen MR) is 85.7 cm³/mol. The second-order valence-corrected chi connectivity index (χ2v) is 7.24. The van der Waals surface area contributed by atoms with Crippen LogP contribution in [0.4, 0.5) is 16.0 Å². The van der Waals surface area contributed by atoms with Gasteiger partial charge in [-0.15, -0.1) is 0 Å². The number of sulfonamides is 1. The summed E-state index contributed by atoms with van der Waals surface area (Å²) in [5.41, 5.74) is 0.230. The Morgan fingerprint density at radius 3 is 2.43 bits per heavy atom. The van der Waals surface area contributed by atoms with E-state index in [4.69, 9.17) is 11.6 Å². The van der Waals surface area contributed by atoms with Gasteiger partial charge < -0.3 is 4.90 Å². The lowest BCUT2D eigenvalue weighted by molar-refractivity contribution is 0.599. The lowest BCUT2D eigenvalue weighted by Crippen LogP contribution is -2.20. The smallest absolute Gasteiger partial charge is 0.262 e. The average Bonchev–Trinajstić information content (AvgIpc) is 3.04. The summed E-state index contributed by atoms with van der Waals surface area (Å²) in [6.45, 7) is 1.80. The number of halogens is 2. The van der Waals surface area contributed by atoms with E-state index >= 15 is 0 Å². The van der Waals surface area contributed by atoms with Crippen molar-refractivity contribution in [2.24, 2.45) is 0 Å². The van der Waals surface area contributed by atoms with Crippen LogP contribution in [0.5, 0.6) is 0 Å². The second-order valence-electron chi connectivity index (χ2n) is 5.15. The van der Waals surface area contributed by atoms with Gasteiger partial charge in [-0.3, -0.25) is 4.72 Å². The maximum Gasteiger partial charge on any atom is 0.262 e. The van der Waals surface area contributed by atoms with Crippen molar-refractivity contribution in [2.45, 2.75) is 17.7 Å². The third kappa shape index (κ3) is 3.53. The maximum absolute atomic E-state index is 13.1. The van der Waals surface area contributed by atoms with Gasteiger partial charge >= 0.3 is 0 Å². The van der Waals surface area contributed by atoms with E-state index in [2.05, 4.69) is 14.7 Å². The zero-order valence-electron chi connectivity index (χ0n) is 12.0. The van der Waals surface area contributed by atoms with Crippen molar-refractivity contribution in [3.05, 3.63) is 41.4 Å². The lowest BCUT2D eigenvalue weighted by Gasteiger charge is -2.15. The fourth-order valence-corrected chi connectivity index (χ4v) is 3.61. The van der Waals surface area contributed by atoms with Crippen molar-refractivity contribution in [2.75, 3.05) is 22.7 Å². The Balaban J connectivity index is 1.78. The van der Waals surface area contributed by atoms with Gasteiger partial charge in [0, 0.05) is 13.1 Å². The van der Waals surface area contributed by atoms with Crippen LogP contribution < -0.4 is 9.62 Å². The summed E-state index contributed by atoms with van der Waals surface area (Å²) in [5.74, 6) is -0.0980. The highest BCUT2D eigenvalue weighted by molar-refractivity contribution is 7.92. The molecular formula is C14H14ClFN4O2S. The molecule has 23 heavy (non-hydrogen) atoms. The molecule has 0 bridgehead atoms. The van der Waals surface area contributed by atoms with Crippen LogP contribution in [0.2, 0.25) is 5.02 Å². The van der Waals surface area contributed by atoms with Crippen LogP contribution in [0.15, 0.2) is 35.5 Å². The van der Waals surface area contributed by atoms with Crippen LogP contribution in [0.1, 0.15) is 12.8 Å². The van der Waals surface area contributed by atoms with Gasteiger partial charge in [0.05, 0.1) is 28.0 Å². The molecule has 0 radical (unpaired) electrons. The molecule has 2 heterocycles. The molecule has 0 saturated carbocycles. The van der Waals surface area contributed by atoms with Crippen molar-refractivity contribution in [3.8, 4) is 0 Å². The normalized spacial score (nSPS) is 15.0. The number of nitrogens with zero attached hydrogens (tertiary/aromatic N) is 3. The van der Waals surface area contributed by atoms with Gasteiger partial charge in [-0.05, 0) is 31.0 Å². The summed E-state index contributed by atoms with van der Waals surface area (Å²) in [7, 11) is -3.88. The van der Waals surface area contributed by atoms with E-state index in [1.165, 1.54) is 12.4 Å². The Hall–Kier alpha value is -1.93. The van der Waals surface area contributed by atoms with Gasteiger partial charge in [0.15, 0.2) is 0 Å². The average molecular weight is 357 g/mol. The first-order valence-corrected chi connectivity index (χ1v) is 8.87. The molecule has 1 aromatic carbocycles. The molecule has 3 rings (SSSR count). The van der Waals surface area contributed by atoms with Crippen molar-refractivity contribution < 1.29 is 12.8 Å². The summed E-state index contributed by atoms with van der Waals surface area (Å²) < 4.78 is 40.0. The molecule has 1 saturated heterocycles. The maximum atomic E-state index is 13.1. The molecule has 1 N–H and O–H groups in total. The van der Waals surface area contributed by atoms with E-state index in [1.807, 2.05) is 4.90 Å². The third-order valence-electron chi connectivity index (χ3n) is 3.48. The number of hydrogen-bond acceptors (Lipinski definition) is 5. The first-order chi connectivity index (χ1) is 11.0. The van der Waals surface area contributed by atoms with Crippen molar-refractivity contribution in [3.63, 3.8) is 0 Å². The molecular weight excluding hydrogens is 343 g/mol. The topological polar surface area (TPSA) is 75.2 Å². The highest BCUT2D eigenvalue weighted by Gasteiger charge is 2.18. The molecule has 0 atom stereocenters. The molecule has 2 aromatic rings. The molecule has 0 aliphatic carbocycles. The zero-order valence-corrected chi connectivity index (χ0v) is 13.6. The summed E-state index contributed by atoms with van der Waals surface area (Å²) in [5, 5.41) is -0.256. The van der Waals surface area contributed by atoms with Crippen LogP contribution in [0.25, 0.3) is 0 Å². The van der Waals surface area contributed by atoms with Crippen LogP contribution in [-0.2, 0) is 10.0 Å². The van der Waals surface area contributed by atoms with Crippen molar-refractivity contribution in [1.29, 1.82) is 0 Å². The molecule has 9 heteroatoms. The fraction of sp³-hybridized carbons (Fsp3) is 0.286. The third-order valence-corrected chi connectivity index (χ3v) is 5.15. The van der Waals surface area contributed by atoms with Crippen LogP contribution in [-0.4, -0.2) is 31.5 Å². The molecule has 6 nitrogen and oxygen atoms in total. The molecule has 1 aromatic heterocycles. The van der Waals surface area contributed by atoms with Crippen molar-refractivity contribution >= 4 is 33.3 Å². The number of hydrogen-bond donors (Lipinski definition) is 1. The van der Waals surface area contributed by atoms with Gasteiger partial charge in [0.2, 0.25) is 5.95 Å². The van der Waals surface area contributed by atoms with Crippen LogP contribution in [0, 0.1) is 5.82 Å². The molecule has 1 fully saturated rings. The van der Waals surface area contributed by atoms with Gasteiger partial charge in [0.25, 0.3) is 10.0 Å². The van der Waals surface area contributed by atoms with Crippen LogP contribution >= 0.6 is 11.6 Å². The monoisotopic (exact) mass is 356 g/mol. The second kappa shape index (κ2) is 6.29. The summed E-state index contributed by atoms with van der Waals surface area (Å²) >= 11 is 5.62. The van der Waals surface area contributed by atoms with Gasteiger partial charge in [0.1, 0.15) is 5.82 Å². The van der Waals surface area contributed by atoms with E-state index in [-0.39, 0.29) is 15.6 Å². The molecule has 122 valence electrons. The minimum atomic E-state index is -3.88. The van der Waals surface area contributed by atoms with E-state index in [0.29, 0.717) is 5.95 Å². The molecule has 1 aliphatic heterocycles. The minimum absolute atomic E-state index is 0.132. The Bertz CT molecular complexity index is 808. The highest BCUT2D eigenvalue weighted by Crippen LogP contribution is 2.22. The fourth-order valence-electron chi connectivity index (χ4n) is 2.31. The van der Waals surface area contributed by atoms with E-state index < -0.39 is 15.8 Å². The number of benzene rings is 1. The quantitative estimate of drug-likeness (QED) is 0.911. The van der Waals surface area contributed by atoms with Crippen LogP contribution in [0.3, 0.4) is 0 Å². The standard InChI is InChI=1S/C14H14ClFN4O2S/c15-12-7-11(3-4-13(12)16)23(21,22)19-10-8-17-14(18-9-10)20-5-1-2-6-20/h3-4,7-9,19H,1-2,5-6H2. The Kier molecular flexibility index (Phi) is 4.36. The number of rotatable bonds is 4. The van der Waals surface area contributed by atoms with E-state index in [0.717, 1.165) is 44.1 Å². The minimum Gasteiger partial charge on any atom is -0.341 e. The highest BCUT2D eigenvalue weighted by atomic mass is 35.5. The summed E-state index contributed by atoms with van der Waals surface area (Å²) in [6.07, 6.45) is 5.01. The number of aromatic nitrogens is 2. The van der Waals surface area contributed by atoms with E-state index in [9.17, 15) is 12.8 Å². The Morgan fingerprint density at radius 2 is 1.83 bits per heavy atom. The number of anilines is 2. The number of nitrogens with one attached hydrogen (secondary N) is 1. The Labute approximate surface area is 138 Å². The first-order valence-electron chi connectivity index (χ1n) is 7.00. The Morgan fingerprint density at radius 1 is 1.17 bits per heavy atom.